The predicted molar refractivity (Wildman–Crippen MR) is 64.7 cm³/mol. The summed E-state index contributed by atoms with van der Waals surface area (Å²) in [5.74, 6) is 0.731. The first-order valence-electron chi connectivity index (χ1n) is 5.71. The maximum absolute atomic E-state index is 11.4. The third kappa shape index (κ3) is 8.18. The molecule has 2 unspecified atom stereocenters. The summed E-state index contributed by atoms with van der Waals surface area (Å²) in [6, 6.07) is 0.262. The lowest BCUT2D eigenvalue weighted by molar-refractivity contribution is -0.120. The standard InChI is InChI=1S/C12H24N2O/c1-5-7-13-9-12(15)14-11(4)8-10(3)6-2/h5,10-11,13H,1,6-9H2,2-4H3,(H,14,15). The zero-order chi connectivity index (χ0) is 11.7. The van der Waals surface area contributed by atoms with E-state index in [2.05, 4.69) is 38.0 Å². The number of carbonyl (C=O) groups is 1. The lowest BCUT2D eigenvalue weighted by atomic mass is 10.0. The molecule has 15 heavy (non-hydrogen) atoms. The molecule has 0 aromatic heterocycles. The molecule has 2 atom stereocenters. The first-order valence-corrected chi connectivity index (χ1v) is 5.71. The van der Waals surface area contributed by atoms with Crippen molar-refractivity contribution in [2.75, 3.05) is 13.1 Å². The number of hydrogen-bond acceptors (Lipinski definition) is 2. The Morgan fingerprint density at radius 1 is 1.47 bits per heavy atom. The summed E-state index contributed by atoms with van der Waals surface area (Å²) in [6.45, 7) is 11.1. The Hall–Kier alpha value is -0.830. The van der Waals surface area contributed by atoms with E-state index in [0.29, 0.717) is 19.0 Å². The van der Waals surface area contributed by atoms with E-state index in [1.807, 2.05) is 0 Å². The van der Waals surface area contributed by atoms with Crippen molar-refractivity contribution in [2.24, 2.45) is 5.92 Å². The van der Waals surface area contributed by atoms with Crippen LogP contribution < -0.4 is 10.6 Å². The van der Waals surface area contributed by atoms with E-state index in [9.17, 15) is 4.79 Å². The quantitative estimate of drug-likeness (QED) is 0.475. The zero-order valence-corrected chi connectivity index (χ0v) is 10.2. The average molecular weight is 212 g/mol. The molecule has 0 saturated heterocycles. The Kier molecular flexibility index (Phi) is 8.01. The van der Waals surface area contributed by atoms with Gasteiger partial charge in [-0.1, -0.05) is 26.3 Å². The number of amides is 1. The molecule has 0 heterocycles. The van der Waals surface area contributed by atoms with Gasteiger partial charge in [-0.15, -0.1) is 6.58 Å². The second-order valence-corrected chi connectivity index (χ2v) is 4.14. The van der Waals surface area contributed by atoms with Crippen LogP contribution in [0, 0.1) is 5.92 Å². The first kappa shape index (κ1) is 14.2. The molecule has 0 fully saturated rings. The number of carbonyl (C=O) groups excluding carboxylic acids is 1. The van der Waals surface area contributed by atoms with Gasteiger partial charge in [0.2, 0.25) is 5.91 Å². The average Bonchev–Trinajstić information content (AvgIpc) is 2.17. The summed E-state index contributed by atoms with van der Waals surface area (Å²) in [7, 11) is 0. The minimum absolute atomic E-state index is 0.0626. The van der Waals surface area contributed by atoms with E-state index >= 15 is 0 Å². The Balaban J connectivity index is 3.61. The van der Waals surface area contributed by atoms with Crippen LogP contribution in [0.3, 0.4) is 0 Å². The highest BCUT2D eigenvalue weighted by Gasteiger charge is 2.09. The van der Waals surface area contributed by atoms with Crippen LogP contribution in [-0.2, 0) is 4.79 Å². The summed E-state index contributed by atoms with van der Waals surface area (Å²) in [5.41, 5.74) is 0. The molecule has 0 aliphatic carbocycles. The van der Waals surface area contributed by atoms with Gasteiger partial charge in [-0.05, 0) is 19.3 Å². The van der Waals surface area contributed by atoms with Crippen LogP contribution in [0.2, 0.25) is 0 Å². The highest BCUT2D eigenvalue weighted by Crippen LogP contribution is 2.08. The monoisotopic (exact) mass is 212 g/mol. The Bertz CT molecular complexity index is 192. The summed E-state index contributed by atoms with van der Waals surface area (Å²) in [5, 5.41) is 5.95. The van der Waals surface area contributed by atoms with Gasteiger partial charge in [0, 0.05) is 12.6 Å². The molecule has 0 spiro atoms. The molecular weight excluding hydrogens is 188 g/mol. The SMILES string of the molecule is C=CCNCC(=O)NC(C)CC(C)CC. The van der Waals surface area contributed by atoms with E-state index < -0.39 is 0 Å². The highest BCUT2D eigenvalue weighted by molar-refractivity contribution is 5.78. The summed E-state index contributed by atoms with van der Waals surface area (Å²) < 4.78 is 0. The number of hydrogen-bond donors (Lipinski definition) is 2. The van der Waals surface area contributed by atoms with E-state index in [4.69, 9.17) is 0 Å². The second-order valence-electron chi connectivity index (χ2n) is 4.14. The maximum atomic E-state index is 11.4. The van der Waals surface area contributed by atoms with Gasteiger partial charge in [0.15, 0.2) is 0 Å². The molecule has 1 amide bonds. The zero-order valence-electron chi connectivity index (χ0n) is 10.2. The van der Waals surface area contributed by atoms with E-state index in [-0.39, 0.29) is 11.9 Å². The van der Waals surface area contributed by atoms with Gasteiger partial charge in [-0.25, -0.2) is 0 Å². The van der Waals surface area contributed by atoms with E-state index in [0.717, 1.165) is 12.8 Å². The van der Waals surface area contributed by atoms with Gasteiger partial charge in [0.25, 0.3) is 0 Å². The van der Waals surface area contributed by atoms with Crippen LogP contribution in [0.15, 0.2) is 12.7 Å². The van der Waals surface area contributed by atoms with Crippen molar-refractivity contribution in [2.45, 2.75) is 39.7 Å². The smallest absolute Gasteiger partial charge is 0.234 e. The Labute approximate surface area is 93.3 Å². The normalized spacial score (nSPS) is 14.3. The molecule has 3 nitrogen and oxygen atoms in total. The minimum atomic E-state index is 0.0626. The van der Waals surface area contributed by atoms with Crippen LogP contribution in [-0.4, -0.2) is 25.0 Å². The Morgan fingerprint density at radius 3 is 2.67 bits per heavy atom. The van der Waals surface area contributed by atoms with Gasteiger partial charge >= 0.3 is 0 Å². The second kappa shape index (κ2) is 8.48. The molecule has 0 saturated carbocycles. The van der Waals surface area contributed by atoms with Gasteiger partial charge in [-0.2, -0.15) is 0 Å². The van der Waals surface area contributed by atoms with Crippen LogP contribution in [0.1, 0.15) is 33.6 Å². The molecule has 0 aromatic rings. The highest BCUT2D eigenvalue weighted by atomic mass is 16.1. The Morgan fingerprint density at radius 2 is 2.13 bits per heavy atom. The van der Waals surface area contributed by atoms with Crippen molar-refractivity contribution in [1.29, 1.82) is 0 Å². The fraction of sp³-hybridized carbons (Fsp3) is 0.750. The molecule has 0 aliphatic heterocycles. The summed E-state index contributed by atoms with van der Waals surface area (Å²) >= 11 is 0. The maximum Gasteiger partial charge on any atom is 0.234 e. The number of nitrogens with one attached hydrogen (secondary N) is 2. The molecule has 88 valence electrons. The van der Waals surface area contributed by atoms with Crippen molar-refractivity contribution in [1.82, 2.24) is 10.6 Å². The number of rotatable bonds is 8. The largest absolute Gasteiger partial charge is 0.353 e. The van der Waals surface area contributed by atoms with Gasteiger partial charge in [-0.3, -0.25) is 4.79 Å². The lowest BCUT2D eigenvalue weighted by Crippen LogP contribution is -2.39. The van der Waals surface area contributed by atoms with Crippen LogP contribution in [0.4, 0.5) is 0 Å². The molecular formula is C12H24N2O. The third-order valence-electron chi connectivity index (χ3n) is 2.43. The van der Waals surface area contributed by atoms with Gasteiger partial charge in [0.05, 0.1) is 6.54 Å². The van der Waals surface area contributed by atoms with Crippen LogP contribution in [0.5, 0.6) is 0 Å². The fourth-order valence-corrected chi connectivity index (χ4v) is 1.44. The first-order chi connectivity index (χ1) is 7.10. The van der Waals surface area contributed by atoms with E-state index in [1.165, 1.54) is 0 Å². The molecule has 0 radical (unpaired) electrons. The van der Waals surface area contributed by atoms with E-state index in [1.54, 1.807) is 6.08 Å². The van der Waals surface area contributed by atoms with Gasteiger partial charge < -0.3 is 10.6 Å². The van der Waals surface area contributed by atoms with Crippen molar-refractivity contribution in [3.8, 4) is 0 Å². The molecule has 0 aliphatic rings. The van der Waals surface area contributed by atoms with Crippen LogP contribution in [0.25, 0.3) is 0 Å². The molecule has 0 aromatic carbocycles. The molecule has 3 heteroatoms. The van der Waals surface area contributed by atoms with Crippen molar-refractivity contribution >= 4 is 5.91 Å². The molecule has 2 N–H and O–H groups in total. The summed E-state index contributed by atoms with van der Waals surface area (Å²) in [4.78, 5) is 11.4. The van der Waals surface area contributed by atoms with Crippen LogP contribution >= 0.6 is 0 Å². The molecule has 0 bridgehead atoms. The molecule has 0 rings (SSSR count). The topological polar surface area (TPSA) is 41.1 Å². The van der Waals surface area contributed by atoms with Gasteiger partial charge in [0.1, 0.15) is 0 Å². The third-order valence-corrected chi connectivity index (χ3v) is 2.43. The fourth-order valence-electron chi connectivity index (χ4n) is 1.44. The summed E-state index contributed by atoms with van der Waals surface area (Å²) in [6.07, 6.45) is 3.95. The van der Waals surface area contributed by atoms with Crippen molar-refractivity contribution in [3.63, 3.8) is 0 Å². The van der Waals surface area contributed by atoms with Crippen molar-refractivity contribution < 1.29 is 4.79 Å². The minimum Gasteiger partial charge on any atom is -0.353 e. The lowest BCUT2D eigenvalue weighted by Gasteiger charge is -2.17. The van der Waals surface area contributed by atoms with Crippen molar-refractivity contribution in [3.05, 3.63) is 12.7 Å². The predicted octanol–water partition coefficient (Wildman–Crippen LogP) is 1.70.